The second-order valence-electron chi connectivity index (χ2n) is 4.59. The third-order valence-electron chi connectivity index (χ3n) is 3.45. The summed E-state index contributed by atoms with van der Waals surface area (Å²) in [7, 11) is 0. The lowest BCUT2D eigenvalue weighted by molar-refractivity contribution is -0.142. The minimum atomic E-state index is -0.502. The number of pyridine rings is 1. The molecule has 0 saturated heterocycles. The number of hydrogen-bond donors (Lipinski definition) is 0. The first kappa shape index (κ1) is 12.2. The van der Waals surface area contributed by atoms with Crippen LogP contribution in [0.25, 0.3) is 0 Å². The summed E-state index contributed by atoms with van der Waals surface area (Å²) in [6, 6.07) is 3.79. The van der Waals surface area contributed by atoms with Crippen molar-refractivity contribution in [1.82, 2.24) is 4.98 Å². The average molecular weight is 233 g/mol. The third-order valence-corrected chi connectivity index (χ3v) is 3.45. The molecule has 0 spiro atoms. The van der Waals surface area contributed by atoms with E-state index in [0.717, 1.165) is 31.2 Å². The van der Waals surface area contributed by atoms with E-state index in [1.54, 1.807) is 12.4 Å². The van der Waals surface area contributed by atoms with Crippen LogP contribution in [-0.2, 0) is 16.0 Å². The molecule has 2 rings (SSSR count). The number of carbonyl (C=O) groups is 1. The van der Waals surface area contributed by atoms with Crippen LogP contribution in [0.2, 0.25) is 0 Å². The van der Waals surface area contributed by atoms with Gasteiger partial charge in [0.25, 0.3) is 0 Å². The van der Waals surface area contributed by atoms with Crippen LogP contribution in [0.4, 0.5) is 0 Å². The summed E-state index contributed by atoms with van der Waals surface area (Å²) >= 11 is 0. The van der Waals surface area contributed by atoms with Crippen molar-refractivity contribution in [2.75, 3.05) is 6.61 Å². The Balaban J connectivity index is 2.07. The Labute approximate surface area is 102 Å². The monoisotopic (exact) mass is 233 g/mol. The van der Waals surface area contributed by atoms with E-state index >= 15 is 0 Å². The fraction of sp³-hybridized carbons (Fsp3) is 0.571. The second-order valence-corrected chi connectivity index (χ2v) is 4.59. The van der Waals surface area contributed by atoms with Crippen LogP contribution in [0.15, 0.2) is 24.5 Å². The molecule has 1 aromatic rings. The van der Waals surface area contributed by atoms with E-state index in [0.29, 0.717) is 13.0 Å². The molecule has 92 valence electrons. The molecule has 1 heterocycles. The molecule has 1 aliphatic carbocycles. The number of Topliss-reactive ketones (excluding diaryl/α,β-unsaturated/α-hetero) is 1. The van der Waals surface area contributed by atoms with Gasteiger partial charge in [0.2, 0.25) is 0 Å². The zero-order chi connectivity index (χ0) is 12.1. The van der Waals surface area contributed by atoms with Crippen molar-refractivity contribution in [1.29, 1.82) is 0 Å². The van der Waals surface area contributed by atoms with Crippen LogP contribution in [0, 0.1) is 0 Å². The molecule has 0 aromatic carbocycles. The highest BCUT2D eigenvalue weighted by molar-refractivity contribution is 5.89. The van der Waals surface area contributed by atoms with Crippen molar-refractivity contribution in [3.63, 3.8) is 0 Å². The second kappa shape index (κ2) is 5.41. The van der Waals surface area contributed by atoms with Gasteiger partial charge in [0.15, 0.2) is 5.78 Å². The van der Waals surface area contributed by atoms with E-state index < -0.39 is 5.60 Å². The fourth-order valence-corrected chi connectivity index (χ4v) is 2.57. The summed E-state index contributed by atoms with van der Waals surface area (Å²) in [5.74, 6) is 0.225. The number of ether oxygens (including phenoxy) is 1. The zero-order valence-electron chi connectivity index (χ0n) is 10.3. The standard InChI is InChI=1S/C14H19NO2/c1-2-17-14(7-3-4-8-14)13(16)11-12-5-9-15-10-6-12/h5-6,9-10H,2-4,7-8,11H2,1H3. The Bertz CT molecular complexity index is 369. The highest BCUT2D eigenvalue weighted by Crippen LogP contribution is 2.34. The van der Waals surface area contributed by atoms with Gasteiger partial charge in [-0.1, -0.05) is 0 Å². The molecule has 0 N–H and O–H groups in total. The predicted molar refractivity (Wildman–Crippen MR) is 65.8 cm³/mol. The third kappa shape index (κ3) is 2.72. The maximum absolute atomic E-state index is 12.4. The Morgan fingerprint density at radius 1 is 1.35 bits per heavy atom. The highest BCUT2D eigenvalue weighted by Gasteiger charge is 2.41. The van der Waals surface area contributed by atoms with Crippen LogP contribution >= 0.6 is 0 Å². The lowest BCUT2D eigenvalue weighted by Gasteiger charge is -2.27. The van der Waals surface area contributed by atoms with E-state index in [4.69, 9.17) is 4.74 Å². The number of carbonyl (C=O) groups excluding carboxylic acids is 1. The van der Waals surface area contributed by atoms with Crippen molar-refractivity contribution in [3.05, 3.63) is 30.1 Å². The van der Waals surface area contributed by atoms with Crippen molar-refractivity contribution < 1.29 is 9.53 Å². The van der Waals surface area contributed by atoms with Gasteiger partial charge in [-0.05, 0) is 50.3 Å². The summed E-state index contributed by atoms with van der Waals surface area (Å²) in [6.45, 7) is 2.57. The highest BCUT2D eigenvalue weighted by atomic mass is 16.5. The van der Waals surface area contributed by atoms with E-state index in [9.17, 15) is 4.79 Å². The van der Waals surface area contributed by atoms with E-state index in [1.807, 2.05) is 19.1 Å². The Kier molecular flexibility index (Phi) is 3.89. The molecule has 17 heavy (non-hydrogen) atoms. The molecule has 0 bridgehead atoms. The number of hydrogen-bond acceptors (Lipinski definition) is 3. The summed E-state index contributed by atoms with van der Waals surface area (Å²) in [4.78, 5) is 16.3. The summed E-state index contributed by atoms with van der Waals surface area (Å²) < 4.78 is 5.76. The van der Waals surface area contributed by atoms with Crippen LogP contribution in [0.5, 0.6) is 0 Å². The van der Waals surface area contributed by atoms with Gasteiger partial charge < -0.3 is 4.74 Å². The van der Waals surface area contributed by atoms with E-state index in [-0.39, 0.29) is 5.78 Å². The summed E-state index contributed by atoms with van der Waals surface area (Å²) in [5.41, 5.74) is 0.522. The van der Waals surface area contributed by atoms with Gasteiger partial charge in [0.05, 0.1) is 0 Å². The van der Waals surface area contributed by atoms with Gasteiger partial charge in [0.1, 0.15) is 5.60 Å². The maximum atomic E-state index is 12.4. The van der Waals surface area contributed by atoms with Crippen LogP contribution in [0.3, 0.4) is 0 Å². The lowest BCUT2D eigenvalue weighted by atomic mass is 9.91. The van der Waals surface area contributed by atoms with Gasteiger partial charge in [-0.2, -0.15) is 0 Å². The molecule has 1 fully saturated rings. The van der Waals surface area contributed by atoms with Gasteiger partial charge in [-0.25, -0.2) is 0 Å². The number of nitrogens with zero attached hydrogens (tertiary/aromatic N) is 1. The smallest absolute Gasteiger partial charge is 0.168 e. The van der Waals surface area contributed by atoms with Crippen LogP contribution in [-0.4, -0.2) is 23.0 Å². The Hall–Kier alpha value is -1.22. The lowest BCUT2D eigenvalue weighted by Crippen LogP contribution is -2.40. The van der Waals surface area contributed by atoms with Gasteiger partial charge in [-0.15, -0.1) is 0 Å². The predicted octanol–water partition coefficient (Wildman–Crippen LogP) is 2.54. The first-order valence-corrected chi connectivity index (χ1v) is 6.33. The molecule has 0 aliphatic heterocycles. The first-order valence-electron chi connectivity index (χ1n) is 6.33. The van der Waals surface area contributed by atoms with Crippen LogP contribution < -0.4 is 0 Å². The number of ketones is 1. The molecular weight excluding hydrogens is 214 g/mol. The Morgan fingerprint density at radius 3 is 2.59 bits per heavy atom. The zero-order valence-corrected chi connectivity index (χ0v) is 10.3. The van der Waals surface area contributed by atoms with E-state index in [1.165, 1.54) is 0 Å². The van der Waals surface area contributed by atoms with Crippen molar-refractivity contribution in [3.8, 4) is 0 Å². The van der Waals surface area contributed by atoms with Gasteiger partial charge in [-0.3, -0.25) is 9.78 Å². The van der Waals surface area contributed by atoms with Crippen molar-refractivity contribution in [2.45, 2.75) is 44.6 Å². The number of aromatic nitrogens is 1. The normalized spacial score (nSPS) is 18.2. The minimum Gasteiger partial charge on any atom is -0.367 e. The molecule has 1 aliphatic rings. The number of rotatable bonds is 5. The minimum absolute atomic E-state index is 0.225. The van der Waals surface area contributed by atoms with E-state index in [2.05, 4.69) is 4.98 Å². The van der Waals surface area contributed by atoms with Crippen LogP contribution in [0.1, 0.15) is 38.2 Å². The molecule has 3 heteroatoms. The molecule has 0 radical (unpaired) electrons. The van der Waals surface area contributed by atoms with Crippen molar-refractivity contribution >= 4 is 5.78 Å². The molecule has 0 unspecified atom stereocenters. The molecule has 0 atom stereocenters. The van der Waals surface area contributed by atoms with Gasteiger partial charge in [0, 0.05) is 25.4 Å². The largest absolute Gasteiger partial charge is 0.367 e. The van der Waals surface area contributed by atoms with Gasteiger partial charge >= 0.3 is 0 Å². The molecule has 3 nitrogen and oxygen atoms in total. The first-order chi connectivity index (χ1) is 8.27. The Morgan fingerprint density at radius 2 is 2.00 bits per heavy atom. The summed E-state index contributed by atoms with van der Waals surface area (Å²) in [5, 5.41) is 0. The molecule has 1 aromatic heterocycles. The molecule has 1 saturated carbocycles. The fourth-order valence-electron chi connectivity index (χ4n) is 2.57. The maximum Gasteiger partial charge on any atom is 0.168 e. The molecular formula is C14H19NO2. The molecule has 0 amide bonds. The van der Waals surface area contributed by atoms with Crippen molar-refractivity contribution in [2.24, 2.45) is 0 Å². The summed E-state index contributed by atoms with van der Waals surface area (Å²) in [6.07, 6.45) is 7.87. The quantitative estimate of drug-likeness (QED) is 0.784. The average Bonchev–Trinajstić information content (AvgIpc) is 2.81. The topological polar surface area (TPSA) is 39.2 Å². The SMILES string of the molecule is CCOC1(C(=O)Cc2ccncc2)CCCC1.